The molecule has 1 aliphatic rings. The van der Waals surface area contributed by atoms with E-state index in [9.17, 15) is 14.4 Å². The van der Waals surface area contributed by atoms with Gasteiger partial charge in [0, 0.05) is 43.3 Å². The molecule has 47 heavy (non-hydrogen) atoms. The Hall–Kier alpha value is -4.90. The standard InChI is InChI=1S/C36H40FN3O7/c1-23-18-31(44-5)28(26-14-15-40(32(23)26)35(43)47-36(2,3)4)20-38-16-17-39(34(42)46-22-24-10-8-7-9-11-24)21-30(38)25-12-13-27(29(37)19-25)33(41)45-6/h7-15,18-19,30H,16-17,20-22H2,1-6H3. The Balaban J connectivity index is 1.49. The molecule has 3 aromatic carbocycles. The summed E-state index contributed by atoms with van der Waals surface area (Å²) >= 11 is 0. The minimum absolute atomic E-state index is 0.125. The lowest BCUT2D eigenvalue weighted by atomic mass is 9.98. The molecule has 1 atom stereocenters. The van der Waals surface area contributed by atoms with Crippen molar-refractivity contribution in [3.63, 3.8) is 0 Å². The molecule has 1 fully saturated rings. The van der Waals surface area contributed by atoms with Gasteiger partial charge < -0.3 is 23.8 Å². The second-order valence-electron chi connectivity index (χ2n) is 12.5. The molecule has 1 amide bonds. The quantitative estimate of drug-likeness (QED) is 0.159. The first-order chi connectivity index (χ1) is 22.4. The Labute approximate surface area is 273 Å². The van der Waals surface area contributed by atoms with Crippen LogP contribution < -0.4 is 4.74 Å². The van der Waals surface area contributed by atoms with Crippen LogP contribution in [0.15, 0.2) is 66.9 Å². The Morgan fingerprint density at radius 2 is 1.70 bits per heavy atom. The average molecular weight is 646 g/mol. The maximum absolute atomic E-state index is 15.2. The molecule has 0 saturated carbocycles. The lowest BCUT2D eigenvalue weighted by Gasteiger charge is -2.41. The molecule has 0 spiro atoms. The van der Waals surface area contributed by atoms with Gasteiger partial charge in [-0.15, -0.1) is 0 Å². The summed E-state index contributed by atoms with van der Waals surface area (Å²) < 4.78 is 38.6. The fraction of sp³-hybridized carbons (Fsp3) is 0.361. The van der Waals surface area contributed by atoms with E-state index in [-0.39, 0.29) is 18.7 Å². The number of aryl methyl sites for hydroxylation is 1. The van der Waals surface area contributed by atoms with E-state index >= 15 is 4.39 Å². The van der Waals surface area contributed by atoms with Crippen LogP contribution in [0.25, 0.3) is 10.9 Å². The molecule has 1 aliphatic heterocycles. The highest BCUT2D eigenvalue weighted by atomic mass is 19.1. The van der Waals surface area contributed by atoms with Crippen molar-refractivity contribution >= 4 is 29.1 Å². The van der Waals surface area contributed by atoms with Crippen LogP contribution in [0.2, 0.25) is 0 Å². The number of aromatic nitrogens is 1. The topological polar surface area (TPSA) is 99.5 Å². The SMILES string of the molecule is COC(=O)c1ccc(C2CN(C(=O)OCc3ccccc3)CCN2Cc2c(OC)cc(C)c3c2ccn3C(=O)OC(C)(C)C)cc1F. The van der Waals surface area contributed by atoms with Gasteiger partial charge in [0.2, 0.25) is 0 Å². The van der Waals surface area contributed by atoms with Crippen molar-refractivity contribution in [2.75, 3.05) is 33.9 Å². The van der Waals surface area contributed by atoms with Crippen LogP contribution in [-0.2, 0) is 27.4 Å². The predicted octanol–water partition coefficient (Wildman–Crippen LogP) is 6.86. The zero-order valence-electron chi connectivity index (χ0n) is 27.5. The van der Waals surface area contributed by atoms with E-state index in [0.717, 1.165) is 22.1 Å². The third-order valence-electron chi connectivity index (χ3n) is 8.14. The van der Waals surface area contributed by atoms with E-state index in [1.807, 2.05) is 70.2 Å². The molecule has 11 heteroatoms. The van der Waals surface area contributed by atoms with Gasteiger partial charge in [0.15, 0.2) is 0 Å². The summed E-state index contributed by atoms with van der Waals surface area (Å²) in [6.45, 7) is 8.84. The van der Waals surface area contributed by atoms with Crippen molar-refractivity contribution in [2.45, 2.75) is 52.5 Å². The number of hydrogen-bond acceptors (Lipinski definition) is 8. The molecule has 1 saturated heterocycles. The highest BCUT2D eigenvalue weighted by molar-refractivity contribution is 5.95. The third-order valence-corrected chi connectivity index (χ3v) is 8.14. The first-order valence-electron chi connectivity index (χ1n) is 15.4. The number of fused-ring (bicyclic) bond motifs is 1. The van der Waals surface area contributed by atoms with Crippen LogP contribution in [0, 0.1) is 12.7 Å². The van der Waals surface area contributed by atoms with Crippen LogP contribution >= 0.6 is 0 Å². The monoisotopic (exact) mass is 645 g/mol. The van der Waals surface area contributed by atoms with Gasteiger partial charge in [0.05, 0.1) is 31.3 Å². The second-order valence-corrected chi connectivity index (χ2v) is 12.5. The number of benzene rings is 3. The van der Waals surface area contributed by atoms with E-state index in [1.54, 1.807) is 24.3 Å². The zero-order chi connectivity index (χ0) is 33.9. The molecule has 5 rings (SSSR count). The van der Waals surface area contributed by atoms with Crippen LogP contribution in [-0.4, -0.2) is 72.0 Å². The number of esters is 1. The van der Waals surface area contributed by atoms with E-state index in [0.29, 0.717) is 36.5 Å². The summed E-state index contributed by atoms with van der Waals surface area (Å²) in [5.74, 6) is -0.864. The number of amides is 1. The molecule has 1 aromatic heterocycles. The summed E-state index contributed by atoms with van der Waals surface area (Å²) in [5.41, 5.74) is 2.94. The highest BCUT2D eigenvalue weighted by Gasteiger charge is 2.34. The minimum atomic E-state index is -0.776. The Morgan fingerprint density at radius 1 is 0.957 bits per heavy atom. The number of piperazine rings is 1. The lowest BCUT2D eigenvalue weighted by molar-refractivity contribution is 0.0432. The largest absolute Gasteiger partial charge is 0.496 e. The first kappa shape index (κ1) is 33.5. The molecule has 0 aliphatic carbocycles. The average Bonchev–Trinajstić information content (AvgIpc) is 3.50. The Bertz CT molecular complexity index is 1780. The summed E-state index contributed by atoms with van der Waals surface area (Å²) in [7, 11) is 2.79. The molecule has 0 N–H and O–H groups in total. The van der Waals surface area contributed by atoms with Gasteiger partial charge in [0.1, 0.15) is 23.8 Å². The van der Waals surface area contributed by atoms with Crippen molar-refractivity contribution in [2.24, 2.45) is 0 Å². The number of rotatable bonds is 7. The van der Waals surface area contributed by atoms with Gasteiger partial charge in [-0.2, -0.15) is 0 Å². The zero-order valence-corrected chi connectivity index (χ0v) is 27.5. The van der Waals surface area contributed by atoms with E-state index in [1.165, 1.54) is 23.8 Å². The normalized spacial score (nSPS) is 15.4. The van der Waals surface area contributed by atoms with E-state index in [2.05, 4.69) is 4.90 Å². The van der Waals surface area contributed by atoms with Crippen LogP contribution in [0.1, 0.15) is 59.4 Å². The number of ether oxygens (including phenoxy) is 4. The first-order valence-corrected chi connectivity index (χ1v) is 15.4. The maximum atomic E-state index is 15.2. The molecule has 248 valence electrons. The molecule has 2 heterocycles. The van der Waals surface area contributed by atoms with E-state index in [4.69, 9.17) is 18.9 Å². The predicted molar refractivity (Wildman–Crippen MR) is 174 cm³/mol. The molecule has 0 radical (unpaired) electrons. The number of carbonyl (C=O) groups excluding carboxylic acids is 3. The van der Waals surface area contributed by atoms with Gasteiger partial charge in [-0.3, -0.25) is 9.47 Å². The number of halogens is 1. The fourth-order valence-electron chi connectivity index (χ4n) is 5.89. The highest BCUT2D eigenvalue weighted by Crippen LogP contribution is 2.37. The van der Waals surface area contributed by atoms with Crippen molar-refractivity contribution < 1.29 is 37.7 Å². The second kappa shape index (κ2) is 13.8. The van der Waals surface area contributed by atoms with E-state index < -0.39 is 35.6 Å². The fourth-order valence-corrected chi connectivity index (χ4v) is 5.89. The van der Waals surface area contributed by atoms with Crippen molar-refractivity contribution in [3.8, 4) is 5.75 Å². The van der Waals surface area contributed by atoms with Crippen molar-refractivity contribution in [3.05, 3.63) is 100 Å². The van der Waals surface area contributed by atoms with Gasteiger partial charge >= 0.3 is 18.2 Å². The Morgan fingerprint density at radius 3 is 2.36 bits per heavy atom. The maximum Gasteiger partial charge on any atom is 0.419 e. The number of methoxy groups -OCH3 is 2. The molecular weight excluding hydrogens is 605 g/mol. The van der Waals surface area contributed by atoms with Crippen LogP contribution in [0.3, 0.4) is 0 Å². The van der Waals surface area contributed by atoms with Gasteiger partial charge in [-0.05, 0) is 68.7 Å². The lowest BCUT2D eigenvalue weighted by Crippen LogP contribution is -2.50. The number of carbonyl (C=O) groups is 3. The molecule has 10 nitrogen and oxygen atoms in total. The van der Waals surface area contributed by atoms with Gasteiger partial charge in [0.25, 0.3) is 0 Å². The van der Waals surface area contributed by atoms with Crippen LogP contribution in [0.5, 0.6) is 5.75 Å². The molecular formula is C36H40FN3O7. The number of nitrogens with zero attached hydrogens (tertiary/aromatic N) is 3. The van der Waals surface area contributed by atoms with Crippen molar-refractivity contribution in [1.82, 2.24) is 14.4 Å². The summed E-state index contributed by atoms with van der Waals surface area (Å²) in [5, 5.41) is 0.809. The van der Waals surface area contributed by atoms with Crippen LogP contribution in [0.4, 0.5) is 14.0 Å². The number of hydrogen-bond donors (Lipinski definition) is 0. The molecule has 0 bridgehead atoms. The minimum Gasteiger partial charge on any atom is -0.496 e. The van der Waals surface area contributed by atoms with Gasteiger partial charge in [-0.25, -0.2) is 18.8 Å². The summed E-state index contributed by atoms with van der Waals surface area (Å²) in [6.07, 6.45) is 0.719. The van der Waals surface area contributed by atoms with Crippen molar-refractivity contribution in [1.29, 1.82) is 0 Å². The summed E-state index contributed by atoms with van der Waals surface area (Å²) in [6, 6.07) is 17.1. The van der Waals surface area contributed by atoms with Gasteiger partial charge in [-0.1, -0.05) is 36.4 Å². The third kappa shape index (κ3) is 7.41. The smallest absolute Gasteiger partial charge is 0.419 e. The summed E-state index contributed by atoms with van der Waals surface area (Å²) in [4.78, 5) is 42.2. The molecule has 4 aromatic rings. The Kier molecular flexibility index (Phi) is 9.85. The molecule has 1 unspecified atom stereocenters.